The van der Waals surface area contributed by atoms with Crippen LogP contribution in [0.15, 0.2) is 72.9 Å². The first-order chi connectivity index (χ1) is 15.9. The van der Waals surface area contributed by atoms with Gasteiger partial charge in [-0.3, -0.25) is 4.79 Å². The molecule has 3 aromatic carbocycles. The third kappa shape index (κ3) is 5.10. The molecule has 0 atom stereocenters. The maximum Gasteiger partial charge on any atom is 0.335 e. The van der Waals surface area contributed by atoms with E-state index in [2.05, 4.69) is 10.3 Å². The van der Waals surface area contributed by atoms with E-state index in [1.54, 1.807) is 54.7 Å². The molecule has 4 aromatic rings. The summed E-state index contributed by atoms with van der Waals surface area (Å²) >= 11 is 0. The van der Waals surface area contributed by atoms with Crippen molar-refractivity contribution in [1.82, 2.24) is 10.3 Å². The molecular weight excluding hydrogens is 420 g/mol. The van der Waals surface area contributed by atoms with Gasteiger partial charge in [-0.15, -0.1) is 0 Å². The number of phenolic OH excluding ortho intramolecular Hbond substituents is 1. The number of carbonyl (C=O) groups is 2. The number of benzene rings is 3. The van der Waals surface area contributed by atoms with E-state index in [1.807, 2.05) is 6.07 Å². The predicted molar refractivity (Wildman–Crippen MR) is 124 cm³/mol. The summed E-state index contributed by atoms with van der Waals surface area (Å²) in [6.07, 6.45) is 2.06. The molecule has 0 spiro atoms. The molecule has 0 unspecified atom stereocenters. The Kier molecular flexibility index (Phi) is 6.22. The molecule has 0 aliphatic heterocycles. The van der Waals surface area contributed by atoms with Crippen molar-refractivity contribution in [3.05, 3.63) is 101 Å². The first-order valence-corrected chi connectivity index (χ1v) is 10.3. The lowest BCUT2D eigenvalue weighted by Crippen LogP contribution is -2.22. The maximum absolute atomic E-state index is 12.7. The number of aromatic carboxylic acids is 1. The van der Waals surface area contributed by atoms with Crippen LogP contribution in [0.2, 0.25) is 0 Å². The minimum atomic E-state index is -0.982. The first kappa shape index (κ1) is 21.8. The lowest BCUT2D eigenvalue weighted by Gasteiger charge is -2.10. The largest absolute Gasteiger partial charge is 0.508 e. The number of pyridine rings is 1. The Morgan fingerprint density at radius 1 is 0.909 bits per heavy atom. The number of aromatic nitrogens is 1. The number of fused-ring (bicyclic) bond motifs is 1. The Hall–Kier alpha value is -4.39. The molecule has 0 aliphatic rings. The summed E-state index contributed by atoms with van der Waals surface area (Å²) in [4.78, 5) is 27.8. The third-order valence-corrected chi connectivity index (χ3v) is 5.36. The van der Waals surface area contributed by atoms with E-state index >= 15 is 0 Å². The Bertz CT molecular complexity index is 1330. The number of nitrogens with zero attached hydrogens (tertiary/aromatic N) is 1. The number of ether oxygens (including phenoxy) is 1. The molecule has 166 valence electrons. The number of phenols is 1. The van der Waals surface area contributed by atoms with Gasteiger partial charge in [0, 0.05) is 30.8 Å². The molecule has 0 bridgehead atoms. The number of hydrogen-bond acceptors (Lipinski definition) is 5. The smallest absolute Gasteiger partial charge is 0.335 e. The van der Waals surface area contributed by atoms with E-state index in [0.717, 1.165) is 21.9 Å². The molecule has 0 saturated heterocycles. The van der Waals surface area contributed by atoms with E-state index in [4.69, 9.17) is 9.84 Å². The fraction of sp³-hybridized carbons (Fsp3) is 0.115. The molecule has 3 N–H and O–H groups in total. The summed E-state index contributed by atoms with van der Waals surface area (Å²) in [5.41, 5.74) is 3.15. The second-order valence-electron chi connectivity index (χ2n) is 7.61. The van der Waals surface area contributed by atoms with Gasteiger partial charge in [0.1, 0.15) is 5.75 Å². The average molecular weight is 442 g/mol. The normalized spacial score (nSPS) is 10.7. The number of aromatic hydroxyl groups is 1. The molecule has 0 saturated carbocycles. The number of carboxylic acids is 1. The van der Waals surface area contributed by atoms with Crippen molar-refractivity contribution in [2.45, 2.75) is 13.0 Å². The molecule has 1 heterocycles. The maximum atomic E-state index is 12.7. The SMILES string of the molecule is COc1cc(CNC(=O)c2ccc3cc(O)c(Cc4ccc(C(=O)O)cc4)cc3c2)ccn1. The van der Waals surface area contributed by atoms with Crippen LogP contribution in [0.4, 0.5) is 0 Å². The summed E-state index contributed by atoms with van der Waals surface area (Å²) in [6, 6.07) is 18.9. The highest BCUT2D eigenvalue weighted by molar-refractivity contribution is 5.99. The Balaban J connectivity index is 1.52. The number of carbonyl (C=O) groups excluding carboxylic acids is 1. The fourth-order valence-corrected chi connectivity index (χ4v) is 3.56. The van der Waals surface area contributed by atoms with E-state index in [1.165, 1.54) is 19.2 Å². The second kappa shape index (κ2) is 9.40. The Morgan fingerprint density at radius 2 is 1.67 bits per heavy atom. The van der Waals surface area contributed by atoms with Gasteiger partial charge >= 0.3 is 5.97 Å². The highest BCUT2D eigenvalue weighted by Gasteiger charge is 2.11. The highest BCUT2D eigenvalue weighted by Crippen LogP contribution is 2.28. The van der Waals surface area contributed by atoms with Gasteiger partial charge in [-0.25, -0.2) is 9.78 Å². The van der Waals surface area contributed by atoms with E-state index in [0.29, 0.717) is 30.0 Å². The van der Waals surface area contributed by atoms with Crippen LogP contribution >= 0.6 is 0 Å². The zero-order chi connectivity index (χ0) is 23.4. The van der Waals surface area contributed by atoms with Crippen LogP contribution in [0, 0.1) is 0 Å². The lowest BCUT2D eigenvalue weighted by molar-refractivity contribution is 0.0696. The zero-order valence-corrected chi connectivity index (χ0v) is 17.9. The Labute approximate surface area is 190 Å². The van der Waals surface area contributed by atoms with Gasteiger partial charge in [-0.05, 0) is 69.9 Å². The standard InChI is InChI=1S/C26H22N2O5/c1-33-24-11-17(8-9-27-24)15-28-25(30)20-7-6-19-14-23(29)22(13-21(19)12-20)10-16-2-4-18(5-3-16)26(31)32/h2-9,11-14,29H,10,15H2,1H3,(H,28,30)(H,31,32). The number of rotatable bonds is 7. The number of methoxy groups -OCH3 is 1. The van der Waals surface area contributed by atoms with Crippen LogP contribution < -0.4 is 10.1 Å². The topological polar surface area (TPSA) is 109 Å². The van der Waals surface area contributed by atoms with Gasteiger partial charge < -0.3 is 20.3 Å². The van der Waals surface area contributed by atoms with E-state index in [-0.39, 0.29) is 17.2 Å². The van der Waals surface area contributed by atoms with Crippen molar-refractivity contribution in [1.29, 1.82) is 0 Å². The quantitative estimate of drug-likeness (QED) is 0.396. The Morgan fingerprint density at radius 3 is 2.39 bits per heavy atom. The fourth-order valence-electron chi connectivity index (χ4n) is 3.56. The van der Waals surface area contributed by atoms with Gasteiger partial charge in [-0.2, -0.15) is 0 Å². The molecule has 1 amide bonds. The van der Waals surface area contributed by atoms with Crippen LogP contribution in [0.5, 0.6) is 11.6 Å². The van der Waals surface area contributed by atoms with Gasteiger partial charge in [-0.1, -0.05) is 18.2 Å². The van der Waals surface area contributed by atoms with Crippen molar-refractivity contribution in [3.8, 4) is 11.6 Å². The van der Waals surface area contributed by atoms with Gasteiger partial charge in [0.05, 0.1) is 12.7 Å². The summed E-state index contributed by atoms with van der Waals surface area (Å²) in [5, 5.41) is 24.0. The van der Waals surface area contributed by atoms with E-state index in [9.17, 15) is 14.7 Å². The van der Waals surface area contributed by atoms with Crippen molar-refractivity contribution in [2.24, 2.45) is 0 Å². The van der Waals surface area contributed by atoms with Crippen molar-refractivity contribution in [3.63, 3.8) is 0 Å². The number of amides is 1. The van der Waals surface area contributed by atoms with Crippen molar-refractivity contribution in [2.75, 3.05) is 7.11 Å². The predicted octanol–water partition coefficient (Wildman–Crippen LogP) is 4.17. The molecule has 33 heavy (non-hydrogen) atoms. The molecule has 7 heteroatoms. The van der Waals surface area contributed by atoms with Gasteiger partial charge in [0.2, 0.25) is 5.88 Å². The number of nitrogens with one attached hydrogen (secondary N) is 1. The van der Waals surface area contributed by atoms with E-state index < -0.39 is 5.97 Å². The second-order valence-corrected chi connectivity index (χ2v) is 7.61. The molecule has 7 nitrogen and oxygen atoms in total. The van der Waals surface area contributed by atoms with Crippen LogP contribution in [-0.2, 0) is 13.0 Å². The minimum Gasteiger partial charge on any atom is -0.508 e. The number of carboxylic acid groups (broad SMARTS) is 1. The summed E-state index contributed by atoms with van der Waals surface area (Å²) in [6.45, 7) is 0.336. The summed E-state index contributed by atoms with van der Waals surface area (Å²) < 4.78 is 5.10. The third-order valence-electron chi connectivity index (χ3n) is 5.36. The van der Waals surface area contributed by atoms with Crippen LogP contribution in [-0.4, -0.2) is 34.2 Å². The molecule has 0 fully saturated rings. The van der Waals surface area contributed by atoms with Crippen LogP contribution in [0.3, 0.4) is 0 Å². The van der Waals surface area contributed by atoms with Gasteiger partial charge in [0.15, 0.2) is 0 Å². The monoisotopic (exact) mass is 442 g/mol. The molecule has 4 rings (SSSR count). The van der Waals surface area contributed by atoms with Gasteiger partial charge in [0.25, 0.3) is 5.91 Å². The van der Waals surface area contributed by atoms with Crippen LogP contribution in [0.25, 0.3) is 10.8 Å². The first-order valence-electron chi connectivity index (χ1n) is 10.3. The average Bonchev–Trinajstić information content (AvgIpc) is 2.83. The summed E-state index contributed by atoms with van der Waals surface area (Å²) in [5.74, 6) is -0.568. The lowest BCUT2D eigenvalue weighted by atomic mass is 9.98. The molecular formula is C26H22N2O5. The molecule has 0 aliphatic carbocycles. The molecule has 0 radical (unpaired) electrons. The minimum absolute atomic E-state index is 0.147. The van der Waals surface area contributed by atoms with Crippen LogP contribution in [0.1, 0.15) is 37.4 Å². The zero-order valence-electron chi connectivity index (χ0n) is 17.9. The highest BCUT2D eigenvalue weighted by atomic mass is 16.5. The van der Waals surface area contributed by atoms with Crippen molar-refractivity contribution >= 4 is 22.6 Å². The van der Waals surface area contributed by atoms with Crippen molar-refractivity contribution < 1.29 is 24.5 Å². The summed E-state index contributed by atoms with van der Waals surface area (Å²) in [7, 11) is 1.54. The molecule has 1 aromatic heterocycles. The number of hydrogen-bond donors (Lipinski definition) is 3.